The van der Waals surface area contributed by atoms with Crippen LogP contribution >= 0.6 is 0 Å². The minimum Gasteiger partial charge on any atom is -0.505 e. The van der Waals surface area contributed by atoms with E-state index in [-0.39, 0.29) is 72.9 Å². The number of nitrogens with zero attached hydrogens (tertiary/aromatic N) is 9. The Bertz CT molecular complexity index is 5030. The number of nitro groups is 1. The van der Waals surface area contributed by atoms with E-state index in [0.717, 1.165) is 30.3 Å². The standard InChI is InChI=1S/C53H39N11O20S4/c1-83-42-20-26(8-15-38(42)57-62-49-45(87(77,78)79)24-33-31(51(49)65)12-14-36(54)47(33)60-56-37-17-10-29(64(69)70)22-35(37)53(67)68)27-9-16-39(43(21-27)84-2)58-63-50-46(88(80,81)82)25-34-32(52(50)66)13-18-40(55-28-6-4-3-5-7-28)48(34)61-59-41-23-30(85(71,72)73)11-19-44(41)86(74,75)76/h3-25,55,65-66H,54H2,1-2H3,(H,67,68)(H,71,72,73)(H,74,75,76)(H,77,78,79)(H,80,81,82). The number of nitrogens with two attached hydrogens (primary N) is 1. The molecular formula is C53H39N11O20S4. The molecule has 9 rings (SSSR count). The summed E-state index contributed by atoms with van der Waals surface area (Å²) in [6.07, 6.45) is 0. The second-order valence-corrected chi connectivity index (χ2v) is 23.7. The summed E-state index contributed by atoms with van der Waals surface area (Å²) in [7, 11) is -18.1. The van der Waals surface area contributed by atoms with Crippen molar-refractivity contribution in [3.63, 3.8) is 0 Å². The number of non-ortho nitro benzene ring substituents is 1. The lowest BCUT2D eigenvalue weighted by atomic mass is 10.0. The number of anilines is 3. The molecule has 0 atom stereocenters. The number of hydrogen-bond acceptors (Lipinski definition) is 25. The maximum Gasteiger partial charge on any atom is 0.338 e. The fourth-order valence-corrected chi connectivity index (χ4v) is 11.0. The number of fused-ring (bicyclic) bond motifs is 2. The van der Waals surface area contributed by atoms with Crippen molar-refractivity contribution in [1.29, 1.82) is 0 Å². The van der Waals surface area contributed by atoms with Gasteiger partial charge in [0.25, 0.3) is 46.2 Å². The Hall–Kier alpha value is -10.8. The molecule has 0 aromatic heterocycles. The first-order valence-corrected chi connectivity index (χ1v) is 30.0. The number of para-hydroxylation sites is 1. The molecule has 450 valence electrons. The summed E-state index contributed by atoms with van der Waals surface area (Å²) in [6.45, 7) is 0. The molecule has 35 heteroatoms. The fraction of sp³-hybridized carbons (Fsp3) is 0.0377. The molecule has 10 N–H and O–H groups in total. The zero-order valence-electron chi connectivity index (χ0n) is 44.5. The van der Waals surface area contributed by atoms with E-state index in [0.29, 0.717) is 35.0 Å². The van der Waals surface area contributed by atoms with Crippen molar-refractivity contribution in [1.82, 2.24) is 0 Å². The largest absolute Gasteiger partial charge is 0.505 e. The number of ether oxygens (including phenoxy) is 2. The van der Waals surface area contributed by atoms with Crippen molar-refractivity contribution >= 4 is 136 Å². The van der Waals surface area contributed by atoms with Crippen LogP contribution in [-0.2, 0) is 40.5 Å². The number of aromatic hydroxyl groups is 2. The maximum absolute atomic E-state index is 13.1. The van der Waals surface area contributed by atoms with Crippen LogP contribution in [0.15, 0.2) is 200 Å². The zero-order valence-corrected chi connectivity index (χ0v) is 47.7. The van der Waals surface area contributed by atoms with E-state index in [2.05, 4.69) is 46.2 Å². The van der Waals surface area contributed by atoms with E-state index in [9.17, 15) is 82.1 Å². The molecule has 0 aliphatic rings. The second-order valence-electron chi connectivity index (χ2n) is 18.2. The SMILES string of the molecule is COc1cc(-c2ccc(N=Nc3c(S(=O)(=O)O)cc4c(N=Nc5cc(S(=O)(=O)O)ccc5S(=O)(=O)O)c(Nc5ccccc5)ccc4c3O)c(OC)c2)ccc1N=Nc1c(S(=O)(=O)O)cc2c(N=Nc3ccc([N+](=O)[O-])cc3C(=O)O)c(N)ccc2c1O. The predicted octanol–water partition coefficient (Wildman–Crippen LogP) is 12.7. The molecule has 0 spiro atoms. The molecule has 0 amide bonds. The van der Waals surface area contributed by atoms with Crippen molar-refractivity contribution in [3.8, 4) is 34.1 Å². The van der Waals surface area contributed by atoms with Gasteiger partial charge >= 0.3 is 5.97 Å². The molecule has 0 aliphatic carbocycles. The highest BCUT2D eigenvalue weighted by atomic mass is 32.2. The molecule has 9 aromatic rings. The van der Waals surface area contributed by atoms with Crippen LogP contribution < -0.4 is 20.5 Å². The summed E-state index contributed by atoms with van der Waals surface area (Å²) in [4.78, 5) is 18.5. The third kappa shape index (κ3) is 12.9. The Morgan fingerprint density at radius 3 is 1.48 bits per heavy atom. The van der Waals surface area contributed by atoms with Gasteiger partial charge in [-0.1, -0.05) is 30.3 Å². The smallest absolute Gasteiger partial charge is 0.338 e. The van der Waals surface area contributed by atoms with Crippen molar-refractivity contribution < 1.29 is 86.4 Å². The van der Waals surface area contributed by atoms with Crippen molar-refractivity contribution in [3.05, 3.63) is 155 Å². The molecule has 88 heavy (non-hydrogen) atoms. The number of benzene rings is 9. The Morgan fingerprint density at radius 2 is 0.977 bits per heavy atom. The fourth-order valence-electron chi connectivity index (χ4n) is 8.55. The van der Waals surface area contributed by atoms with Crippen LogP contribution in [0.4, 0.5) is 68.2 Å². The van der Waals surface area contributed by atoms with Crippen LogP contribution in [0.5, 0.6) is 23.0 Å². The first kappa shape index (κ1) is 61.8. The van der Waals surface area contributed by atoms with Crippen LogP contribution in [0.2, 0.25) is 0 Å². The van der Waals surface area contributed by atoms with Crippen molar-refractivity contribution in [2.75, 3.05) is 25.3 Å². The van der Waals surface area contributed by atoms with Gasteiger partial charge in [-0.25, -0.2) is 4.79 Å². The van der Waals surface area contributed by atoms with Gasteiger partial charge in [-0.15, -0.1) is 40.9 Å². The molecule has 0 saturated carbocycles. The topological polar surface area (TPSA) is 494 Å². The van der Waals surface area contributed by atoms with E-state index in [1.54, 1.807) is 30.3 Å². The molecule has 0 radical (unpaired) electrons. The summed E-state index contributed by atoms with van der Waals surface area (Å²) >= 11 is 0. The average molecular weight is 1280 g/mol. The highest BCUT2D eigenvalue weighted by Crippen LogP contribution is 2.50. The molecular weight excluding hydrogens is 1240 g/mol. The van der Waals surface area contributed by atoms with Crippen molar-refractivity contribution in [2.45, 2.75) is 19.6 Å². The number of carboxylic acids is 1. The molecule has 0 unspecified atom stereocenters. The predicted molar refractivity (Wildman–Crippen MR) is 313 cm³/mol. The molecule has 0 bridgehead atoms. The highest BCUT2D eigenvalue weighted by Gasteiger charge is 2.28. The number of nitrogen functional groups attached to an aromatic ring is 1. The number of phenols is 2. The van der Waals surface area contributed by atoms with Gasteiger partial charge in [0.2, 0.25) is 0 Å². The molecule has 0 aliphatic heterocycles. The van der Waals surface area contributed by atoms with E-state index >= 15 is 0 Å². The number of phenolic OH excluding ortho intramolecular Hbond substituents is 2. The third-order valence-electron chi connectivity index (χ3n) is 12.7. The number of methoxy groups -OCH3 is 2. The van der Waals surface area contributed by atoms with E-state index in [1.807, 2.05) is 0 Å². The van der Waals surface area contributed by atoms with Crippen LogP contribution in [0, 0.1) is 10.1 Å². The van der Waals surface area contributed by atoms with Crippen molar-refractivity contribution in [2.24, 2.45) is 40.9 Å². The quantitative estimate of drug-likeness (QED) is 0.0119. The van der Waals surface area contributed by atoms with Gasteiger partial charge in [0.05, 0.1) is 41.0 Å². The van der Waals surface area contributed by atoms with Gasteiger partial charge in [0.15, 0.2) is 11.5 Å². The normalized spacial score (nSPS) is 12.5. The Kier molecular flexibility index (Phi) is 16.8. The molecule has 0 fully saturated rings. The zero-order chi connectivity index (χ0) is 63.8. The van der Waals surface area contributed by atoms with Gasteiger partial charge < -0.3 is 35.8 Å². The van der Waals surface area contributed by atoms with Crippen LogP contribution in [0.1, 0.15) is 10.4 Å². The number of rotatable bonds is 19. The van der Waals surface area contributed by atoms with Gasteiger partial charge in [0, 0.05) is 39.4 Å². The minimum atomic E-state index is -5.34. The lowest BCUT2D eigenvalue weighted by Crippen LogP contribution is -2.02. The first-order valence-electron chi connectivity index (χ1n) is 24.3. The molecule has 0 saturated heterocycles. The van der Waals surface area contributed by atoms with E-state index < -0.39 is 111 Å². The number of nitrogens with one attached hydrogen (secondary N) is 1. The molecule has 0 heterocycles. The van der Waals surface area contributed by atoms with Crippen LogP contribution in [-0.4, -0.2) is 92.3 Å². The van der Waals surface area contributed by atoms with Gasteiger partial charge in [-0.2, -0.15) is 33.7 Å². The van der Waals surface area contributed by atoms with Gasteiger partial charge in [-0.05, 0) is 108 Å². The summed E-state index contributed by atoms with van der Waals surface area (Å²) in [6, 6.07) is 28.4. The highest BCUT2D eigenvalue weighted by molar-refractivity contribution is 7.86. The minimum absolute atomic E-state index is 0.00610. The summed E-state index contributed by atoms with van der Waals surface area (Å²) in [5.74, 6) is -3.30. The Balaban J connectivity index is 1.06. The first-order chi connectivity index (χ1) is 41.5. The summed E-state index contributed by atoms with van der Waals surface area (Å²) in [5, 5.41) is 78.4. The van der Waals surface area contributed by atoms with Crippen LogP contribution in [0.25, 0.3) is 32.7 Å². The molecule has 9 aromatic carbocycles. The Morgan fingerprint density at radius 1 is 0.500 bits per heavy atom. The maximum atomic E-state index is 13.1. The van der Waals surface area contributed by atoms with E-state index in [4.69, 9.17) is 15.2 Å². The van der Waals surface area contributed by atoms with E-state index in [1.165, 1.54) is 74.9 Å². The number of azo groups is 4. The monoisotopic (exact) mass is 1280 g/mol. The lowest BCUT2D eigenvalue weighted by Gasteiger charge is -2.15. The van der Waals surface area contributed by atoms with Crippen LogP contribution in [0.3, 0.4) is 0 Å². The number of nitro benzene ring substituents is 1. The second kappa shape index (κ2) is 23.9. The number of carbonyl (C=O) groups is 1. The van der Waals surface area contributed by atoms with Gasteiger partial charge in [-0.3, -0.25) is 28.3 Å². The third-order valence-corrected chi connectivity index (χ3v) is 16.2. The Labute approximate surface area is 495 Å². The summed E-state index contributed by atoms with van der Waals surface area (Å²) < 4.78 is 152. The van der Waals surface area contributed by atoms with Gasteiger partial charge in [0.1, 0.15) is 71.7 Å². The number of aromatic carboxylic acids is 1. The lowest BCUT2D eigenvalue weighted by molar-refractivity contribution is -0.384. The molecule has 31 nitrogen and oxygen atoms in total. The number of hydrogen-bond donors (Lipinski definition) is 9. The number of carboxylic acid groups (broad SMARTS) is 1. The average Bonchev–Trinajstić information content (AvgIpc) is 1.21. The summed E-state index contributed by atoms with van der Waals surface area (Å²) in [5.41, 5.74) is 2.62.